The SMILES string of the molecule is FC(F)(F)c1cnc(N2CCCC(Br)C2)c(Cl)c1. The molecule has 0 saturated carbocycles. The number of anilines is 1. The van der Waals surface area contributed by atoms with Gasteiger partial charge in [-0.2, -0.15) is 13.2 Å². The van der Waals surface area contributed by atoms with Gasteiger partial charge in [0.1, 0.15) is 5.82 Å². The predicted octanol–water partition coefficient (Wildman–Crippen LogP) is 4.12. The van der Waals surface area contributed by atoms with Gasteiger partial charge in [0.15, 0.2) is 0 Å². The highest BCUT2D eigenvalue weighted by Gasteiger charge is 2.32. The van der Waals surface area contributed by atoms with Gasteiger partial charge in [-0.1, -0.05) is 27.5 Å². The summed E-state index contributed by atoms with van der Waals surface area (Å²) in [5, 5.41) is 0.0476. The van der Waals surface area contributed by atoms with Crippen LogP contribution in [0.2, 0.25) is 5.02 Å². The highest BCUT2D eigenvalue weighted by atomic mass is 79.9. The predicted molar refractivity (Wildman–Crippen MR) is 68.4 cm³/mol. The summed E-state index contributed by atoms with van der Waals surface area (Å²) < 4.78 is 37.5. The van der Waals surface area contributed by atoms with Gasteiger partial charge in [-0.25, -0.2) is 4.98 Å². The molecule has 2 rings (SSSR count). The summed E-state index contributed by atoms with van der Waals surface area (Å²) in [5.41, 5.74) is -0.816. The second-order valence-electron chi connectivity index (χ2n) is 4.21. The maximum absolute atomic E-state index is 12.5. The molecule has 0 aromatic carbocycles. The number of hydrogen-bond donors (Lipinski definition) is 0. The first-order valence-corrected chi connectivity index (χ1v) is 6.79. The fraction of sp³-hybridized carbons (Fsp3) is 0.545. The number of aromatic nitrogens is 1. The second kappa shape index (κ2) is 5.25. The standard InChI is InChI=1S/C11H11BrClF3N2/c12-8-2-1-3-18(6-8)10-9(13)4-7(5-17-10)11(14,15)16/h4-5,8H,1-3,6H2. The van der Waals surface area contributed by atoms with Crippen molar-refractivity contribution < 1.29 is 13.2 Å². The van der Waals surface area contributed by atoms with Crippen molar-refractivity contribution >= 4 is 33.3 Å². The Morgan fingerprint density at radius 2 is 2.17 bits per heavy atom. The molecule has 0 spiro atoms. The highest BCUT2D eigenvalue weighted by Crippen LogP contribution is 2.34. The van der Waals surface area contributed by atoms with Gasteiger partial charge in [-0.05, 0) is 18.9 Å². The summed E-state index contributed by atoms with van der Waals surface area (Å²) >= 11 is 9.40. The number of pyridine rings is 1. The van der Waals surface area contributed by atoms with Gasteiger partial charge in [0.05, 0.1) is 10.6 Å². The summed E-state index contributed by atoms with van der Waals surface area (Å²) in [6, 6.07) is 0.932. The fourth-order valence-corrected chi connectivity index (χ4v) is 2.90. The molecule has 100 valence electrons. The topological polar surface area (TPSA) is 16.1 Å². The van der Waals surface area contributed by atoms with E-state index < -0.39 is 11.7 Å². The van der Waals surface area contributed by atoms with Crippen LogP contribution in [-0.2, 0) is 6.18 Å². The van der Waals surface area contributed by atoms with Crippen LogP contribution in [-0.4, -0.2) is 22.9 Å². The van der Waals surface area contributed by atoms with Crippen LogP contribution >= 0.6 is 27.5 Å². The Morgan fingerprint density at radius 1 is 1.44 bits per heavy atom. The summed E-state index contributed by atoms with van der Waals surface area (Å²) in [7, 11) is 0. The van der Waals surface area contributed by atoms with E-state index in [0.29, 0.717) is 17.2 Å². The van der Waals surface area contributed by atoms with Crippen molar-refractivity contribution in [1.29, 1.82) is 0 Å². The first-order valence-electron chi connectivity index (χ1n) is 5.49. The van der Waals surface area contributed by atoms with Gasteiger partial charge in [-0.15, -0.1) is 0 Å². The lowest BCUT2D eigenvalue weighted by Gasteiger charge is -2.31. The van der Waals surface area contributed by atoms with E-state index in [9.17, 15) is 13.2 Å². The van der Waals surface area contributed by atoms with Gasteiger partial charge in [0.25, 0.3) is 0 Å². The summed E-state index contributed by atoms with van der Waals surface area (Å²) in [6.45, 7) is 1.47. The molecule has 1 fully saturated rings. The van der Waals surface area contributed by atoms with Crippen LogP contribution in [0.3, 0.4) is 0 Å². The third kappa shape index (κ3) is 3.09. The summed E-state index contributed by atoms with van der Waals surface area (Å²) in [6.07, 6.45) is -1.56. The van der Waals surface area contributed by atoms with Crippen LogP contribution in [0.4, 0.5) is 19.0 Å². The number of hydrogen-bond acceptors (Lipinski definition) is 2. The van der Waals surface area contributed by atoms with E-state index in [4.69, 9.17) is 11.6 Å². The average molecular weight is 344 g/mol. The molecule has 1 saturated heterocycles. The lowest BCUT2D eigenvalue weighted by molar-refractivity contribution is -0.137. The van der Waals surface area contributed by atoms with Crippen molar-refractivity contribution in [2.45, 2.75) is 23.8 Å². The third-order valence-electron chi connectivity index (χ3n) is 2.81. The summed E-state index contributed by atoms with van der Waals surface area (Å²) in [4.78, 5) is 6.09. The van der Waals surface area contributed by atoms with Crippen LogP contribution < -0.4 is 4.90 Å². The summed E-state index contributed by atoms with van der Waals surface area (Å²) in [5.74, 6) is 0.425. The average Bonchev–Trinajstić information content (AvgIpc) is 2.27. The molecule has 2 nitrogen and oxygen atoms in total. The minimum absolute atomic E-state index is 0.0476. The second-order valence-corrected chi connectivity index (χ2v) is 5.91. The Kier molecular flexibility index (Phi) is 4.06. The fourth-order valence-electron chi connectivity index (χ4n) is 1.94. The van der Waals surface area contributed by atoms with Gasteiger partial charge in [0.2, 0.25) is 0 Å². The molecule has 1 aromatic heterocycles. The third-order valence-corrected chi connectivity index (χ3v) is 3.84. The molecule has 1 aliphatic rings. The molecule has 1 aliphatic heterocycles. The van der Waals surface area contributed by atoms with Crippen molar-refractivity contribution in [2.75, 3.05) is 18.0 Å². The Labute approximate surface area is 116 Å². The van der Waals surface area contributed by atoms with Crippen molar-refractivity contribution in [3.8, 4) is 0 Å². The molecular weight excluding hydrogens is 332 g/mol. The van der Waals surface area contributed by atoms with Crippen LogP contribution in [0.15, 0.2) is 12.3 Å². The van der Waals surface area contributed by atoms with E-state index in [2.05, 4.69) is 20.9 Å². The monoisotopic (exact) mass is 342 g/mol. The maximum atomic E-state index is 12.5. The van der Waals surface area contributed by atoms with Crippen LogP contribution in [0.1, 0.15) is 18.4 Å². The van der Waals surface area contributed by atoms with E-state index in [0.717, 1.165) is 31.6 Å². The molecule has 1 atom stereocenters. The van der Waals surface area contributed by atoms with Gasteiger partial charge in [0, 0.05) is 24.1 Å². The Morgan fingerprint density at radius 3 is 2.72 bits per heavy atom. The maximum Gasteiger partial charge on any atom is 0.417 e. The molecule has 18 heavy (non-hydrogen) atoms. The van der Waals surface area contributed by atoms with Crippen LogP contribution in [0, 0.1) is 0 Å². The van der Waals surface area contributed by atoms with E-state index in [-0.39, 0.29) is 5.02 Å². The molecular formula is C11H11BrClF3N2. The van der Waals surface area contributed by atoms with Crippen molar-refractivity contribution in [1.82, 2.24) is 4.98 Å². The van der Waals surface area contributed by atoms with Crippen molar-refractivity contribution in [2.24, 2.45) is 0 Å². The quantitative estimate of drug-likeness (QED) is 0.713. The molecule has 0 bridgehead atoms. The smallest absolute Gasteiger partial charge is 0.354 e. The molecule has 1 aromatic rings. The van der Waals surface area contributed by atoms with E-state index >= 15 is 0 Å². The first kappa shape index (κ1) is 13.9. The number of nitrogens with zero attached hydrogens (tertiary/aromatic N) is 2. The Hall–Kier alpha value is -0.490. The molecule has 2 heterocycles. The minimum Gasteiger partial charge on any atom is -0.354 e. The number of alkyl halides is 4. The van der Waals surface area contributed by atoms with E-state index in [1.54, 1.807) is 0 Å². The molecule has 0 amide bonds. The normalized spacial score (nSPS) is 21.2. The van der Waals surface area contributed by atoms with Crippen LogP contribution in [0.25, 0.3) is 0 Å². The largest absolute Gasteiger partial charge is 0.417 e. The molecule has 1 unspecified atom stereocenters. The molecule has 0 radical (unpaired) electrons. The lowest BCUT2D eigenvalue weighted by Crippen LogP contribution is -2.36. The van der Waals surface area contributed by atoms with Crippen molar-refractivity contribution in [3.63, 3.8) is 0 Å². The van der Waals surface area contributed by atoms with E-state index in [1.807, 2.05) is 4.90 Å². The highest BCUT2D eigenvalue weighted by molar-refractivity contribution is 9.09. The number of piperidine rings is 1. The number of halogens is 5. The molecule has 0 N–H and O–H groups in total. The van der Waals surface area contributed by atoms with Gasteiger partial charge in [-0.3, -0.25) is 0 Å². The first-order chi connectivity index (χ1) is 8.38. The Balaban J connectivity index is 2.24. The molecule has 0 aliphatic carbocycles. The number of rotatable bonds is 1. The lowest BCUT2D eigenvalue weighted by atomic mass is 10.1. The van der Waals surface area contributed by atoms with Crippen LogP contribution in [0.5, 0.6) is 0 Å². The molecule has 7 heteroatoms. The van der Waals surface area contributed by atoms with E-state index in [1.165, 1.54) is 0 Å². The van der Waals surface area contributed by atoms with Gasteiger partial charge < -0.3 is 4.90 Å². The zero-order valence-electron chi connectivity index (χ0n) is 9.34. The van der Waals surface area contributed by atoms with Crippen molar-refractivity contribution in [3.05, 3.63) is 22.8 Å². The zero-order chi connectivity index (χ0) is 13.3. The van der Waals surface area contributed by atoms with Gasteiger partial charge >= 0.3 is 6.18 Å². The zero-order valence-corrected chi connectivity index (χ0v) is 11.7. The Bertz CT molecular complexity index is 439. The minimum atomic E-state index is -4.41.